The first-order valence-corrected chi connectivity index (χ1v) is 22.1. The fraction of sp³-hybridized carbons (Fsp3) is 0.0167. The van der Waals surface area contributed by atoms with Crippen molar-refractivity contribution in [3.63, 3.8) is 0 Å². The lowest BCUT2D eigenvalue weighted by Crippen LogP contribution is -2.36. The van der Waals surface area contributed by atoms with E-state index >= 15 is 0 Å². The van der Waals surface area contributed by atoms with Crippen molar-refractivity contribution in [1.29, 1.82) is 0 Å². The van der Waals surface area contributed by atoms with Gasteiger partial charge in [0.1, 0.15) is 0 Å². The minimum absolute atomic E-state index is 0.219. The number of para-hydroxylation sites is 5. The van der Waals surface area contributed by atoms with Crippen LogP contribution >= 0.6 is 0 Å². The van der Waals surface area contributed by atoms with E-state index in [1.54, 1.807) is 0 Å². The first-order chi connectivity index (χ1) is 31.8. The number of hydrogen-bond donors (Lipinski definition) is 0. The minimum Gasteiger partial charge on any atom is -0.468 e. The highest BCUT2D eigenvalue weighted by molar-refractivity contribution is 6.10. The van der Waals surface area contributed by atoms with Crippen molar-refractivity contribution >= 4 is 60.7 Å². The molecule has 9 aromatic carbocycles. The third-order valence-electron chi connectivity index (χ3n) is 13.6. The Bertz CT molecular complexity index is 4240. The molecule has 0 saturated heterocycles. The van der Waals surface area contributed by atoms with Crippen molar-refractivity contribution in [2.24, 2.45) is 0 Å². The first-order valence-electron chi connectivity index (χ1n) is 22.1. The molecule has 64 heavy (non-hydrogen) atoms. The molecule has 298 valence electrons. The number of allylic oxidation sites excluding steroid dienone is 2. The van der Waals surface area contributed by atoms with Gasteiger partial charge in [-0.25, -0.2) is 0 Å². The third-order valence-corrected chi connectivity index (χ3v) is 13.6. The molecule has 0 radical (unpaired) electrons. The molecule has 4 nitrogen and oxygen atoms in total. The number of rotatable bonds is 3. The predicted molar refractivity (Wildman–Crippen MR) is 261 cm³/mol. The third kappa shape index (κ3) is 4.91. The van der Waals surface area contributed by atoms with Gasteiger partial charge in [-0.05, 0) is 79.9 Å². The Labute approximate surface area is 367 Å². The summed E-state index contributed by atoms with van der Waals surface area (Å²) in [5.74, 6) is 0.853. The zero-order chi connectivity index (χ0) is 41.9. The van der Waals surface area contributed by atoms with Crippen molar-refractivity contribution < 1.29 is 4.74 Å². The predicted octanol–water partition coefficient (Wildman–Crippen LogP) is 13.5. The van der Waals surface area contributed by atoms with Gasteiger partial charge in [0, 0.05) is 56.3 Å². The summed E-state index contributed by atoms with van der Waals surface area (Å²) >= 11 is 0. The van der Waals surface area contributed by atoms with Crippen LogP contribution in [0.5, 0.6) is 5.75 Å². The van der Waals surface area contributed by atoms with Crippen molar-refractivity contribution in [3.8, 4) is 17.1 Å². The molecule has 1 aliphatic heterocycles. The fourth-order valence-electron chi connectivity index (χ4n) is 11.0. The summed E-state index contributed by atoms with van der Waals surface area (Å²) < 4.78 is 14.4. The van der Waals surface area contributed by atoms with Crippen LogP contribution in [0, 0.1) is 41.7 Å². The average Bonchev–Trinajstić information content (AvgIpc) is 3.88. The summed E-state index contributed by atoms with van der Waals surface area (Å²) in [5, 5.41) is 14.2. The minimum atomic E-state index is -0.219. The molecule has 1 unspecified atom stereocenters. The van der Waals surface area contributed by atoms with E-state index in [1.165, 1.54) is 64.5 Å². The van der Waals surface area contributed by atoms with Crippen molar-refractivity contribution in [1.82, 2.24) is 13.7 Å². The van der Waals surface area contributed by atoms with Crippen LogP contribution in [0.2, 0.25) is 0 Å². The van der Waals surface area contributed by atoms with Gasteiger partial charge in [-0.1, -0.05) is 152 Å². The van der Waals surface area contributed by atoms with Crippen LogP contribution in [-0.4, -0.2) is 20.9 Å². The monoisotopic (exact) mass is 816 g/mol. The molecular formula is C60H38N3O+. The van der Waals surface area contributed by atoms with Crippen LogP contribution < -0.4 is 9.31 Å². The number of hydrogen-bond acceptors (Lipinski definition) is 1. The maximum Gasteiger partial charge on any atom is 0.254 e. The molecule has 0 N–H and O–H groups in total. The van der Waals surface area contributed by atoms with E-state index in [9.17, 15) is 0 Å². The van der Waals surface area contributed by atoms with Crippen molar-refractivity contribution in [2.45, 2.75) is 6.10 Å². The lowest BCUT2D eigenvalue weighted by Gasteiger charge is -2.24. The van der Waals surface area contributed by atoms with Crippen LogP contribution in [-0.2, 0) is 0 Å². The summed E-state index contributed by atoms with van der Waals surface area (Å²) in [6.07, 6.45) is 8.32. The number of ether oxygens (including phenoxy) is 1. The molecule has 2 aliphatic carbocycles. The van der Waals surface area contributed by atoms with Gasteiger partial charge >= 0.3 is 0 Å². The molecule has 0 fully saturated rings. The normalized spacial score (nSPS) is 14.7. The van der Waals surface area contributed by atoms with Crippen molar-refractivity contribution in [2.75, 3.05) is 0 Å². The highest BCUT2D eigenvalue weighted by Gasteiger charge is 2.36. The molecule has 0 spiro atoms. The summed E-state index contributed by atoms with van der Waals surface area (Å²) in [7, 11) is 0. The van der Waals surface area contributed by atoms with Crippen LogP contribution in [0.15, 0.2) is 224 Å². The molecule has 0 amide bonds. The van der Waals surface area contributed by atoms with Gasteiger partial charge in [-0.2, -0.15) is 4.58 Å². The topological polar surface area (TPSA) is 22.1 Å². The molecule has 0 bridgehead atoms. The van der Waals surface area contributed by atoms with E-state index in [2.05, 4.69) is 238 Å². The quantitative estimate of drug-likeness (QED) is 0.163. The Morgan fingerprint density at radius 3 is 1.41 bits per heavy atom. The van der Waals surface area contributed by atoms with Gasteiger partial charge in [0.2, 0.25) is 17.5 Å². The van der Waals surface area contributed by atoms with Crippen LogP contribution in [0.25, 0.3) is 55.0 Å². The highest BCUT2D eigenvalue weighted by Crippen LogP contribution is 2.40. The second-order valence-electron chi connectivity index (χ2n) is 16.9. The first kappa shape index (κ1) is 35.2. The molecule has 3 heterocycles. The molecule has 0 saturated carbocycles. The van der Waals surface area contributed by atoms with Gasteiger partial charge < -0.3 is 13.9 Å². The number of fused-ring (bicyclic) bond motifs is 12. The van der Waals surface area contributed by atoms with E-state index in [0.29, 0.717) is 0 Å². The maximum atomic E-state index is 7.00. The standard InChI is InChI=1S/C60H38N3O/c1-2-18-38(19-3-1)61-53-32-14-15-35-57(53)64-58-37-48-40-21-5-4-20-39(40)45-26-16-33-54(62-49-28-10-6-22-41(49)42-23-7-11-29-50(42)62)59(45)60-46(47(48)36-56(58)61)27-17-34-55(60)63-51-30-12-8-24-43(51)44-25-9-13-31-52(44)63/h1-37,57H/q+1. The van der Waals surface area contributed by atoms with E-state index in [1.807, 2.05) is 0 Å². The maximum absolute atomic E-state index is 7.00. The van der Waals surface area contributed by atoms with E-state index < -0.39 is 0 Å². The average molecular weight is 817 g/mol. The van der Waals surface area contributed by atoms with Crippen LogP contribution in [0.4, 0.5) is 11.4 Å². The largest absolute Gasteiger partial charge is 0.468 e. The SMILES string of the molecule is C1=CC2=[N+](c3ccccc3)c3cc4c(cc3OC2C=C1)=c1ccccc1=c1cccc(-n2c3ccccc3c3ccccc32)c1=c1c(-n2c3ccccc3c3ccccc32)cccc1=4. The molecule has 14 rings (SSSR count). The molecule has 4 heteroatoms. The fourth-order valence-corrected chi connectivity index (χ4v) is 11.0. The summed E-state index contributed by atoms with van der Waals surface area (Å²) in [6.45, 7) is 0. The Hall–Kier alpha value is -8.47. The Morgan fingerprint density at radius 2 is 0.844 bits per heavy atom. The molecule has 1 atom stereocenters. The second kappa shape index (κ2) is 13.5. The molecule has 11 aromatic rings. The Kier molecular flexibility index (Phi) is 7.42. The number of aromatic nitrogens is 2. The zero-order valence-corrected chi connectivity index (χ0v) is 34.7. The van der Waals surface area contributed by atoms with Gasteiger partial charge in [-0.3, -0.25) is 0 Å². The van der Waals surface area contributed by atoms with Gasteiger partial charge in [-0.15, -0.1) is 0 Å². The van der Waals surface area contributed by atoms with Crippen LogP contribution in [0.3, 0.4) is 0 Å². The van der Waals surface area contributed by atoms with Gasteiger partial charge in [0.15, 0.2) is 5.75 Å². The molecule has 3 aliphatic rings. The van der Waals surface area contributed by atoms with Gasteiger partial charge in [0.25, 0.3) is 5.69 Å². The molecule has 2 aromatic heterocycles. The summed E-state index contributed by atoms with van der Waals surface area (Å²) in [5.41, 5.74) is 10.1. The van der Waals surface area contributed by atoms with Gasteiger partial charge in [0.05, 0.1) is 33.4 Å². The van der Waals surface area contributed by atoms with Crippen molar-refractivity contribution in [3.05, 3.63) is 266 Å². The second-order valence-corrected chi connectivity index (χ2v) is 16.9. The smallest absolute Gasteiger partial charge is 0.254 e. The Morgan fingerprint density at radius 1 is 0.391 bits per heavy atom. The molecular weight excluding hydrogens is 779 g/mol. The highest BCUT2D eigenvalue weighted by atomic mass is 16.5. The van der Waals surface area contributed by atoms with E-state index in [0.717, 1.165) is 55.1 Å². The summed E-state index contributed by atoms with van der Waals surface area (Å²) in [6, 6.07) is 73.6. The number of nitrogens with zero attached hydrogens (tertiary/aromatic N) is 3. The lowest BCUT2D eigenvalue weighted by atomic mass is 9.98. The lowest BCUT2D eigenvalue weighted by molar-refractivity contribution is 0.303. The van der Waals surface area contributed by atoms with Crippen LogP contribution in [0.1, 0.15) is 0 Å². The summed E-state index contributed by atoms with van der Waals surface area (Å²) in [4.78, 5) is 0. The number of benzene rings is 9. The Balaban J connectivity index is 1.30. The van der Waals surface area contributed by atoms with E-state index in [-0.39, 0.29) is 6.10 Å². The zero-order valence-electron chi connectivity index (χ0n) is 34.7. The van der Waals surface area contributed by atoms with E-state index in [4.69, 9.17) is 4.74 Å².